The van der Waals surface area contributed by atoms with E-state index in [1.807, 2.05) is 121 Å². The number of fused-ring (bicyclic) bond motifs is 15. The number of hydrogen-bond donors (Lipinski definition) is 24. The van der Waals surface area contributed by atoms with E-state index >= 15 is 0 Å². The van der Waals surface area contributed by atoms with Gasteiger partial charge in [0.05, 0.1) is 35.1 Å². The number of carbonyl (C=O) groups excluding carboxylic acids is 14. The third-order valence-corrected chi connectivity index (χ3v) is 24.3. The molecule has 0 saturated carbocycles. The number of rotatable bonds is 66. The predicted molar refractivity (Wildman–Crippen MR) is 528 cm³/mol. The number of nitrogens with one attached hydrogen (secondary N) is 20. The molecule has 803 valence electrons. The van der Waals surface area contributed by atoms with Crippen LogP contribution < -0.4 is 117 Å². The van der Waals surface area contributed by atoms with Crippen molar-refractivity contribution in [3.63, 3.8) is 0 Å². The molecule has 0 aromatic heterocycles. The van der Waals surface area contributed by atoms with Crippen molar-refractivity contribution in [1.29, 1.82) is 0 Å². The van der Waals surface area contributed by atoms with Gasteiger partial charge in [-0.2, -0.15) is 0 Å². The third-order valence-electron chi connectivity index (χ3n) is 24.3. The van der Waals surface area contributed by atoms with Crippen LogP contribution in [0.2, 0.25) is 0 Å². The minimum atomic E-state index is -1.60. The summed E-state index contributed by atoms with van der Waals surface area (Å²) in [6, 6.07) is 24.1. The maximum Gasteiger partial charge on any atom is 2.00 e. The van der Waals surface area contributed by atoms with Gasteiger partial charge in [-0.25, -0.2) is 19.2 Å². The van der Waals surface area contributed by atoms with Gasteiger partial charge in [0.25, 0.3) is 0 Å². The second kappa shape index (κ2) is 70.8. The minimum absolute atomic E-state index is 0. The molecule has 0 aliphatic carbocycles. The van der Waals surface area contributed by atoms with Crippen molar-refractivity contribution < 1.29 is 134 Å². The summed E-state index contributed by atoms with van der Waals surface area (Å²) >= 11 is 0. The monoisotopic (exact) mass is 2080 g/mol. The molecule has 8 atom stereocenters. The second-order valence-electron chi connectivity index (χ2n) is 36.5. The number of unbranched alkanes of at least 4 members (excludes halogenated alkanes) is 10. The Morgan fingerprint density at radius 1 is 0.262 bits per heavy atom. The van der Waals surface area contributed by atoms with Crippen molar-refractivity contribution in [2.75, 3.05) is 105 Å². The zero-order valence-corrected chi connectivity index (χ0v) is 83.3. The van der Waals surface area contributed by atoms with E-state index in [9.17, 15) is 107 Å². The maximum absolute atomic E-state index is 14.5. The Labute approximate surface area is 856 Å². The van der Waals surface area contributed by atoms with Crippen LogP contribution in [0, 0.1) is 0 Å². The summed E-state index contributed by atoms with van der Waals surface area (Å²) in [5.74, 6) is -12.6. The normalized spacial score (nSPS) is 16.5. The number of benzene rings is 4. The number of carbonyl (C=O) groups is 18. The van der Waals surface area contributed by atoms with Crippen molar-refractivity contribution in [2.24, 2.45) is 0 Å². The molecule has 44 nitrogen and oxygen atoms in total. The van der Waals surface area contributed by atoms with Crippen LogP contribution in [0.15, 0.2) is 121 Å². The van der Waals surface area contributed by atoms with Gasteiger partial charge in [-0.3, -0.25) is 57.5 Å². The summed E-state index contributed by atoms with van der Waals surface area (Å²) in [7, 11) is 0. The average Bonchev–Trinajstić information content (AvgIpc) is 0.839. The molecule has 1 radical (unpaired) electrons. The van der Waals surface area contributed by atoms with E-state index in [1.165, 1.54) is 0 Å². The standard InChI is InChI=1S/C100H150N20O24.Cu/c121-81(107-49-25-21-37-73(93(135)136)115-97(143)117-75(95(139)140)45-47-87(127)128)39-19-3-1-5-23-51-109-89(131)77(59-69-29-11-7-12-30-69)113-91(133)79(61-71-33-15-9-16-34-71)111-83(123)41-27-43-85(125)119-99-63-101-53-56-104-66-100(67-105-57-54-102-64-99,68-106-58-55-103-65-99)120-86(126)44-28-42-84(124)112-80(62-72-35-17-10-18-36-72)92(134)114-78(60-70-31-13-8-14-32-70)90(132)110-52-24-6-2-4-20-40-82(122)108-50-26-22-38-74(94(137)138)116-98(144)118-76(96(141)142)46-48-88(129)130;/h7-18,29-36,73-80,101-106H,1-6,19-28,37-68H2,(H,107,121)(H,108,122)(H,109,131)(H,110,132)(H,111,123)(H,112,124)(H,113,133)(H,114,134)(H,119,125)(H,120,126)(H,127,128)(H,129,130)(H,135,136)(H,137,138)(H,139,140)(H,141,142)(H2,115,117,143)(H2,116,118,144);/q;+2/p-2/t73-,74-,75-,76-,77+,78+,79+,80+,99?,100?;/m0./s1/i;1+0. The van der Waals surface area contributed by atoms with Gasteiger partial charge < -0.3 is 147 Å². The summed E-state index contributed by atoms with van der Waals surface area (Å²) in [4.78, 5) is 231. The van der Waals surface area contributed by atoms with Crippen LogP contribution in [-0.4, -0.2) is 292 Å². The summed E-state index contributed by atoms with van der Waals surface area (Å²) in [6.07, 6.45) is 7.06. The van der Waals surface area contributed by atoms with E-state index in [0.29, 0.717) is 130 Å². The van der Waals surface area contributed by atoms with Gasteiger partial charge in [0, 0.05) is 182 Å². The fraction of sp³-hybridized carbons (Fsp3) is 0.580. The second-order valence-corrected chi connectivity index (χ2v) is 36.5. The van der Waals surface area contributed by atoms with Crippen LogP contribution in [-0.2, 0) is 119 Å². The van der Waals surface area contributed by atoms with Gasteiger partial charge in [0.1, 0.15) is 36.3 Å². The zero-order chi connectivity index (χ0) is 105. The maximum atomic E-state index is 14.5. The van der Waals surface area contributed by atoms with E-state index in [-0.39, 0.29) is 157 Å². The van der Waals surface area contributed by atoms with E-state index in [2.05, 4.69) is 106 Å². The number of urea groups is 2. The van der Waals surface area contributed by atoms with Crippen molar-refractivity contribution in [3.05, 3.63) is 144 Å². The van der Waals surface area contributed by atoms with Crippen molar-refractivity contribution in [1.82, 2.24) is 106 Å². The fourth-order valence-electron chi connectivity index (χ4n) is 16.4. The Bertz CT molecular complexity index is 4350. The molecule has 14 amide bonds. The van der Waals surface area contributed by atoms with Gasteiger partial charge in [-0.05, 0) is 112 Å². The number of carboxylic acid groups (broad SMARTS) is 6. The molecular weight excluding hydrogens is 1930 g/mol. The largest absolute Gasteiger partial charge is 2.00 e. The Morgan fingerprint density at radius 2 is 0.517 bits per heavy atom. The van der Waals surface area contributed by atoms with Crippen LogP contribution in [0.3, 0.4) is 0 Å². The molecule has 45 heteroatoms. The molecule has 7 rings (SSSR count). The number of hydrogen-bond acceptors (Lipinski definition) is 26. The molecule has 0 unspecified atom stereocenters. The molecule has 0 spiro atoms. The summed E-state index contributed by atoms with van der Waals surface area (Å²) in [5.41, 5.74) is 1.41. The van der Waals surface area contributed by atoms with Crippen molar-refractivity contribution in [2.45, 2.75) is 265 Å². The Morgan fingerprint density at radius 3 is 0.807 bits per heavy atom. The molecule has 24 N–H and O–H groups in total. The summed E-state index contributed by atoms with van der Waals surface area (Å²) in [6.45, 7) is 6.01. The van der Waals surface area contributed by atoms with Gasteiger partial charge in [-0.1, -0.05) is 160 Å². The Balaban J connectivity index is 0.0000370. The van der Waals surface area contributed by atoms with Gasteiger partial charge in [0.15, 0.2) is 0 Å². The topological polar surface area (TPSA) is 675 Å². The molecule has 3 aliphatic heterocycles. The predicted octanol–water partition coefficient (Wildman–Crippen LogP) is -1.53. The van der Waals surface area contributed by atoms with Gasteiger partial charge in [-0.15, -0.1) is 0 Å². The van der Waals surface area contributed by atoms with Crippen LogP contribution >= 0.6 is 0 Å². The SMILES string of the molecule is O=C(O)CC[C@H](NC(=O)N[C@@H](CCCCNC(=O)CCCCCCCNC(=O)[C@@H](Cc1ccccc1)NC(=O)[C@@H](Cc1ccccc1)NC(=O)CCCC(=O)NC12CNCCNCC(NC(=O)CCCC(=O)N[C@H](Cc3ccccc3)C(=O)N[C@H](Cc3ccccc3)C(=O)NCCCCCCCC(=O)NCCCC[C@H](NC(=O)N[C@@H](CCC(=O)O)C(=O)O)C(=O)[O-])(CNCCNC1)CNCCNC2)C(=O)[O-])C(=O)O.[64Cu+2]. The molecule has 4 aromatic carbocycles. The molecule has 3 heterocycles. The van der Waals surface area contributed by atoms with Crippen LogP contribution in [0.5, 0.6) is 0 Å². The first-order valence-electron chi connectivity index (χ1n) is 50.0. The van der Waals surface area contributed by atoms with Crippen LogP contribution in [0.25, 0.3) is 0 Å². The molecular formula is C100H148CuN20O24. The number of carboxylic acids is 6. The quantitative estimate of drug-likeness (QED) is 0.0176. The molecule has 2 bridgehead atoms. The van der Waals surface area contributed by atoms with Crippen LogP contribution in [0.4, 0.5) is 9.59 Å². The van der Waals surface area contributed by atoms with E-state index in [1.54, 1.807) is 0 Å². The first-order valence-corrected chi connectivity index (χ1v) is 50.0. The zero-order valence-electron chi connectivity index (χ0n) is 82.4. The first kappa shape index (κ1) is 123. The molecule has 3 saturated heterocycles. The van der Waals surface area contributed by atoms with E-state index in [0.717, 1.165) is 60.8 Å². The first-order chi connectivity index (χ1) is 69.3. The smallest absolute Gasteiger partial charge is 0.548 e. The molecule has 3 fully saturated rings. The average molecular weight is 2080 g/mol. The van der Waals surface area contributed by atoms with Crippen molar-refractivity contribution >= 4 is 107 Å². The Hall–Kier alpha value is -12.8. The molecule has 145 heavy (non-hydrogen) atoms. The van der Waals surface area contributed by atoms with Crippen LogP contribution in [0.1, 0.15) is 202 Å². The van der Waals surface area contributed by atoms with Gasteiger partial charge in [0.2, 0.25) is 59.1 Å². The van der Waals surface area contributed by atoms with E-state index in [4.69, 9.17) is 10.2 Å². The third kappa shape index (κ3) is 53.6. The molecule has 4 aromatic rings. The van der Waals surface area contributed by atoms with Crippen molar-refractivity contribution in [3.8, 4) is 0 Å². The van der Waals surface area contributed by atoms with E-state index < -0.39 is 168 Å². The fourth-order valence-corrected chi connectivity index (χ4v) is 16.4. The number of aliphatic carboxylic acids is 6. The van der Waals surface area contributed by atoms with Gasteiger partial charge >= 0.3 is 53.0 Å². The Kier molecular flexibility index (Phi) is 59.9. The summed E-state index contributed by atoms with van der Waals surface area (Å²) in [5, 5.41) is 119. The minimum Gasteiger partial charge on any atom is -0.548 e. The number of amides is 14. The molecule has 3 aliphatic rings. The summed E-state index contributed by atoms with van der Waals surface area (Å²) < 4.78 is 0.